The van der Waals surface area contributed by atoms with E-state index in [0.29, 0.717) is 18.8 Å². The smallest absolute Gasteiger partial charge is 0.280 e. The Hall–Kier alpha value is -1.93. The fourth-order valence-corrected chi connectivity index (χ4v) is 2.57. The maximum absolute atomic E-state index is 11.2. The number of aromatic nitrogens is 2. The highest BCUT2D eigenvalue weighted by molar-refractivity contribution is 8.13. The molecule has 2 aromatic rings. The van der Waals surface area contributed by atoms with Gasteiger partial charge in [-0.25, -0.2) is 13.4 Å². The zero-order valence-electron chi connectivity index (χ0n) is 11.1. The monoisotopic (exact) mass is 329 g/mol. The third kappa shape index (κ3) is 3.79. The van der Waals surface area contributed by atoms with Gasteiger partial charge >= 0.3 is 0 Å². The summed E-state index contributed by atoms with van der Waals surface area (Å²) in [5.74, 6) is 0.538. The maximum Gasteiger partial charge on any atom is 0.280 e. The first kappa shape index (κ1) is 15.5. The van der Waals surface area contributed by atoms with Gasteiger partial charge in [-0.05, 0) is 18.9 Å². The van der Waals surface area contributed by atoms with Gasteiger partial charge in [-0.1, -0.05) is 12.1 Å². The Morgan fingerprint density at radius 2 is 1.95 bits per heavy atom. The van der Waals surface area contributed by atoms with Crippen LogP contribution in [0, 0.1) is 17.0 Å². The number of aryl methyl sites for hydroxylation is 3. The van der Waals surface area contributed by atoms with Gasteiger partial charge in [0.15, 0.2) is 5.03 Å². The molecule has 2 rings (SSSR count). The van der Waals surface area contributed by atoms with Crippen LogP contribution in [0.5, 0.6) is 0 Å². The van der Waals surface area contributed by atoms with Crippen molar-refractivity contribution in [3.05, 3.63) is 52.0 Å². The van der Waals surface area contributed by atoms with Gasteiger partial charge in [-0.2, -0.15) is 0 Å². The van der Waals surface area contributed by atoms with Crippen LogP contribution in [0.15, 0.2) is 35.5 Å². The number of nitro groups is 1. The molecule has 0 bridgehead atoms. The van der Waals surface area contributed by atoms with Crippen molar-refractivity contribution >= 4 is 25.4 Å². The normalized spacial score (nSPS) is 11.5. The van der Waals surface area contributed by atoms with Gasteiger partial charge in [0.25, 0.3) is 14.7 Å². The summed E-state index contributed by atoms with van der Waals surface area (Å²) in [4.78, 5) is 14.0. The summed E-state index contributed by atoms with van der Waals surface area (Å²) in [6, 6.07) is 6.21. The van der Waals surface area contributed by atoms with E-state index in [1.807, 2.05) is 0 Å². The van der Waals surface area contributed by atoms with Crippen molar-refractivity contribution in [3.8, 4) is 0 Å². The van der Waals surface area contributed by atoms with Crippen molar-refractivity contribution in [1.29, 1.82) is 0 Å². The number of imidazole rings is 1. The first-order chi connectivity index (χ1) is 9.77. The number of non-ortho nitro benzene ring substituents is 1. The molecule has 1 aromatic heterocycles. The van der Waals surface area contributed by atoms with Crippen LogP contribution >= 0.6 is 10.7 Å². The number of halogens is 1. The Bertz CT molecular complexity index is 768. The summed E-state index contributed by atoms with van der Waals surface area (Å²) >= 11 is 0. The number of rotatable bonds is 5. The minimum absolute atomic E-state index is 0.0353. The molecule has 0 saturated carbocycles. The Kier molecular flexibility index (Phi) is 4.29. The molecule has 0 atom stereocenters. The molecular formula is C12H12ClN3O4S. The first-order valence-corrected chi connectivity index (χ1v) is 8.30. The third-order valence-corrected chi connectivity index (χ3v) is 4.16. The summed E-state index contributed by atoms with van der Waals surface area (Å²) in [5.41, 5.74) is 0.942. The molecule has 9 heteroatoms. The zero-order chi connectivity index (χ0) is 15.6. The molecule has 0 radical (unpaired) electrons. The van der Waals surface area contributed by atoms with Crippen LogP contribution in [0.3, 0.4) is 0 Å². The van der Waals surface area contributed by atoms with Crippen LogP contribution in [0.2, 0.25) is 0 Å². The minimum atomic E-state index is -3.84. The average Bonchev–Trinajstić information content (AvgIpc) is 2.78. The van der Waals surface area contributed by atoms with Crippen LogP contribution in [0.4, 0.5) is 5.69 Å². The molecule has 1 heterocycles. The SMILES string of the molecule is Cc1nc(S(=O)(=O)Cl)cn1CCc1ccc([N+](=O)[O-])cc1. The number of nitro benzene ring substituents is 1. The summed E-state index contributed by atoms with van der Waals surface area (Å²) in [5, 5.41) is 10.4. The molecule has 0 aliphatic rings. The fraction of sp³-hybridized carbons (Fsp3) is 0.250. The van der Waals surface area contributed by atoms with Gasteiger partial charge in [0.05, 0.1) is 4.92 Å². The van der Waals surface area contributed by atoms with E-state index in [2.05, 4.69) is 4.98 Å². The van der Waals surface area contributed by atoms with Crippen molar-refractivity contribution in [2.45, 2.75) is 24.9 Å². The quantitative estimate of drug-likeness (QED) is 0.476. The van der Waals surface area contributed by atoms with Crippen molar-refractivity contribution in [2.75, 3.05) is 0 Å². The molecule has 0 saturated heterocycles. The lowest BCUT2D eigenvalue weighted by atomic mass is 10.1. The van der Waals surface area contributed by atoms with E-state index in [-0.39, 0.29) is 10.7 Å². The maximum atomic E-state index is 11.2. The molecule has 0 aliphatic carbocycles. The minimum Gasteiger partial charge on any atom is -0.333 e. The van der Waals surface area contributed by atoms with Crippen molar-refractivity contribution in [3.63, 3.8) is 0 Å². The lowest BCUT2D eigenvalue weighted by molar-refractivity contribution is -0.384. The standard InChI is InChI=1S/C12H12ClN3O4S/c1-9-14-12(21(13,19)20)8-15(9)7-6-10-2-4-11(5-3-10)16(17)18/h2-5,8H,6-7H2,1H3. The summed E-state index contributed by atoms with van der Waals surface area (Å²) in [7, 11) is 1.40. The van der Waals surface area contributed by atoms with Crippen molar-refractivity contribution < 1.29 is 13.3 Å². The highest BCUT2D eigenvalue weighted by Gasteiger charge is 2.15. The molecule has 112 valence electrons. The van der Waals surface area contributed by atoms with E-state index in [0.717, 1.165) is 5.56 Å². The van der Waals surface area contributed by atoms with Gasteiger partial charge in [0.2, 0.25) is 0 Å². The molecule has 0 amide bonds. The molecule has 0 spiro atoms. The van der Waals surface area contributed by atoms with Gasteiger partial charge < -0.3 is 4.57 Å². The Balaban J connectivity index is 2.09. The Labute approximate surface area is 125 Å². The van der Waals surface area contributed by atoms with E-state index < -0.39 is 14.0 Å². The van der Waals surface area contributed by atoms with E-state index in [4.69, 9.17) is 10.7 Å². The predicted molar refractivity (Wildman–Crippen MR) is 76.8 cm³/mol. The largest absolute Gasteiger partial charge is 0.333 e. The fourth-order valence-electron chi connectivity index (χ4n) is 1.86. The van der Waals surface area contributed by atoms with Gasteiger partial charge in [0.1, 0.15) is 5.82 Å². The molecule has 0 unspecified atom stereocenters. The second-order valence-electron chi connectivity index (χ2n) is 4.43. The lowest BCUT2D eigenvalue weighted by Gasteiger charge is -2.04. The molecule has 1 aromatic carbocycles. The van der Waals surface area contributed by atoms with Gasteiger partial charge in [-0.3, -0.25) is 10.1 Å². The topological polar surface area (TPSA) is 95.1 Å². The van der Waals surface area contributed by atoms with E-state index >= 15 is 0 Å². The predicted octanol–water partition coefficient (Wildman–Crippen LogP) is 2.27. The number of hydrogen-bond acceptors (Lipinski definition) is 5. The summed E-state index contributed by atoms with van der Waals surface area (Å²) < 4.78 is 24.1. The number of hydrogen-bond donors (Lipinski definition) is 0. The zero-order valence-corrected chi connectivity index (χ0v) is 12.6. The summed E-state index contributed by atoms with van der Waals surface area (Å²) in [6.07, 6.45) is 1.97. The van der Waals surface area contributed by atoms with Crippen LogP contribution in [0.25, 0.3) is 0 Å². The highest BCUT2D eigenvalue weighted by Crippen LogP contribution is 2.16. The van der Waals surface area contributed by atoms with Crippen molar-refractivity contribution in [1.82, 2.24) is 9.55 Å². The van der Waals surface area contributed by atoms with E-state index in [1.54, 1.807) is 23.6 Å². The molecular weight excluding hydrogens is 318 g/mol. The second kappa shape index (κ2) is 5.82. The molecule has 7 nitrogen and oxygen atoms in total. The van der Waals surface area contributed by atoms with Crippen LogP contribution in [-0.2, 0) is 22.0 Å². The van der Waals surface area contributed by atoms with Gasteiger partial charge in [0, 0.05) is 35.6 Å². The number of benzene rings is 1. The first-order valence-electron chi connectivity index (χ1n) is 5.99. The Morgan fingerprint density at radius 3 is 2.43 bits per heavy atom. The van der Waals surface area contributed by atoms with Gasteiger partial charge in [-0.15, -0.1) is 0 Å². The average molecular weight is 330 g/mol. The summed E-state index contributed by atoms with van der Waals surface area (Å²) in [6.45, 7) is 2.18. The van der Waals surface area contributed by atoms with E-state index in [1.165, 1.54) is 18.3 Å². The third-order valence-electron chi connectivity index (χ3n) is 2.99. The number of nitrogens with zero attached hydrogens (tertiary/aromatic N) is 3. The molecule has 0 N–H and O–H groups in total. The molecule has 21 heavy (non-hydrogen) atoms. The second-order valence-corrected chi connectivity index (χ2v) is 6.94. The molecule has 0 aliphatic heterocycles. The lowest BCUT2D eigenvalue weighted by Crippen LogP contribution is -2.02. The molecule has 0 fully saturated rings. The van der Waals surface area contributed by atoms with Crippen LogP contribution < -0.4 is 0 Å². The van der Waals surface area contributed by atoms with Crippen LogP contribution in [0.1, 0.15) is 11.4 Å². The Morgan fingerprint density at radius 1 is 1.33 bits per heavy atom. The van der Waals surface area contributed by atoms with Crippen LogP contribution in [-0.4, -0.2) is 22.9 Å². The highest BCUT2D eigenvalue weighted by atomic mass is 35.7. The van der Waals surface area contributed by atoms with Crippen molar-refractivity contribution in [2.24, 2.45) is 0 Å². The van der Waals surface area contributed by atoms with E-state index in [9.17, 15) is 18.5 Å².